The summed E-state index contributed by atoms with van der Waals surface area (Å²) in [5.74, 6) is 0. The van der Waals surface area contributed by atoms with Crippen molar-refractivity contribution in [2.24, 2.45) is 0 Å². The Labute approximate surface area is 362 Å². The zero-order valence-electron chi connectivity index (χ0n) is 34.1. The van der Waals surface area contributed by atoms with Gasteiger partial charge in [0.15, 0.2) is 0 Å². The van der Waals surface area contributed by atoms with Crippen molar-refractivity contribution >= 4 is 49.4 Å². The Morgan fingerprint density at radius 1 is 0.306 bits per heavy atom. The summed E-state index contributed by atoms with van der Waals surface area (Å²) in [6, 6.07) is 91.8. The molecular weight excluding hydrogens is 747 g/mol. The van der Waals surface area contributed by atoms with Crippen LogP contribution in [-0.2, 0) is 5.41 Å². The van der Waals surface area contributed by atoms with E-state index in [0.29, 0.717) is 0 Å². The van der Waals surface area contributed by atoms with Gasteiger partial charge < -0.3 is 4.90 Å². The Morgan fingerprint density at radius 3 is 1.53 bits per heavy atom. The second-order valence-corrected chi connectivity index (χ2v) is 16.3. The molecule has 1 aliphatic carbocycles. The molecule has 0 heterocycles. The molecule has 0 saturated carbocycles. The maximum absolute atomic E-state index is 2.57. The van der Waals surface area contributed by atoms with Crippen LogP contribution in [0.25, 0.3) is 65.7 Å². The molecule has 1 aliphatic rings. The topological polar surface area (TPSA) is 3.24 Å². The number of para-hydroxylation sites is 1. The summed E-state index contributed by atoms with van der Waals surface area (Å²) in [6.45, 7) is 0. The van der Waals surface area contributed by atoms with E-state index >= 15 is 0 Å². The number of rotatable bonds is 7. The molecular formula is C61H41N. The van der Waals surface area contributed by atoms with E-state index < -0.39 is 5.41 Å². The van der Waals surface area contributed by atoms with Crippen molar-refractivity contribution in [1.29, 1.82) is 0 Å². The predicted octanol–water partition coefficient (Wildman–Crippen LogP) is 16.3. The third kappa shape index (κ3) is 5.42. The van der Waals surface area contributed by atoms with Crippen LogP contribution in [0.2, 0.25) is 0 Å². The van der Waals surface area contributed by atoms with Crippen molar-refractivity contribution < 1.29 is 0 Å². The Morgan fingerprint density at radius 2 is 0.806 bits per heavy atom. The van der Waals surface area contributed by atoms with Crippen LogP contribution in [0.5, 0.6) is 0 Å². The van der Waals surface area contributed by atoms with E-state index in [1.807, 2.05) is 0 Å². The maximum atomic E-state index is 2.57. The average Bonchev–Trinajstić information content (AvgIpc) is 3.65. The molecule has 0 atom stereocenters. The van der Waals surface area contributed by atoms with Crippen molar-refractivity contribution in [3.8, 4) is 33.4 Å². The molecule has 0 saturated heterocycles. The molecule has 0 aliphatic heterocycles. The van der Waals surface area contributed by atoms with Gasteiger partial charge in [-0.2, -0.15) is 0 Å². The second kappa shape index (κ2) is 14.6. The first-order chi connectivity index (χ1) is 30.8. The van der Waals surface area contributed by atoms with Crippen LogP contribution in [0, 0.1) is 0 Å². The summed E-state index contributed by atoms with van der Waals surface area (Å²) < 4.78 is 0. The molecule has 0 fully saturated rings. The number of fused-ring (bicyclic) bond motifs is 7. The minimum atomic E-state index is -0.497. The fourth-order valence-corrected chi connectivity index (χ4v) is 10.6. The van der Waals surface area contributed by atoms with Gasteiger partial charge in [-0.05, 0) is 89.6 Å². The molecule has 11 aromatic rings. The van der Waals surface area contributed by atoms with Crippen molar-refractivity contribution in [2.75, 3.05) is 4.90 Å². The summed E-state index contributed by atoms with van der Waals surface area (Å²) in [6.07, 6.45) is 0. The summed E-state index contributed by atoms with van der Waals surface area (Å²) >= 11 is 0. The van der Waals surface area contributed by atoms with E-state index in [2.05, 4.69) is 254 Å². The quantitative estimate of drug-likeness (QED) is 0.145. The van der Waals surface area contributed by atoms with Gasteiger partial charge in [0.2, 0.25) is 0 Å². The lowest BCUT2D eigenvalue weighted by atomic mass is 9.68. The lowest BCUT2D eigenvalue weighted by Crippen LogP contribution is -2.28. The standard InChI is InChI=1S/C61H41N/c1-4-21-43(22-5-1)48-30-17-19-38-58(48)62(60-54-35-15-13-32-50(54)49-31-12-14-34-53(49)59(60)52-36-20-24-42-23-10-11-29-47(42)52)46-39-40-57-55(41-46)51-33-16-18-37-56(51)61(57,44-25-6-2-7-26-44)45-27-8-3-9-28-45/h1-41H. The summed E-state index contributed by atoms with van der Waals surface area (Å²) in [4.78, 5) is 2.57. The highest BCUT2D eigenvalue weighted by atomic mass is 15.1. The highest BCUT2D eigenvalue weighted by molar-refractivity contribution is 6.24. The lowest BCUT2D eigenvalue weighted by Gasteiger charge is -2.35. The van der Waals surface area contributed by atoms with Crippen molar-refractivity contribution in [3.63, 3.8) is 0 Å². The Balaban J connectivity index is 1.24. The van der Waals surface area contributed by atoms with Gasteiger partial charge in [0.1, 0.15) is 0 Å². The van der Waals surface area contributed by atoms with Crippen molar-refractivity contribution in [3.05, 3.63) is 271 Å². The first kappa shape index (κ1) is 35.9. The maximum Gasteiger partial charge on any atom is 0.0713 e. The first-order valence-corrected chi connectivity index (χ1v) is 21.5. The van der Waals surface area contributed by atoms with Gasteiger partial charge in [-0.1, -0.05) is 231 Å². The minimum absolute atomic E-state index is 0.497. The Bertz CT molecular complexity index is 3420. The van der Waals surface area contributed by atoms with Crippen LogP contribution >= 0.6 is 0 Å². The van der Waals surface area contributed by atoms with Crippen LogP contribution < -0.4 is 4.90 Å². The van der Waals surface area contributed by atoms with Gasteiger partial charge in [-0.3, -0.25) is 0 Å². The van der Waals surface area contributed by atoms with Crippen LogP contribution in [-0.4, -0.2) is 0 Å². The van der Waals surface area contributed by atoms with E-state index in [1.165, 1.54) is 82.4 Å². The number of nitrogens with zero attached hydrogens (tertiary/aromatic N) is 1. The van der Waals surface area contributed by atoms with Gasteiger partial charge in [0.25, 0.3) is 0 Å². The highest BCUT2D eigenvalue weighted by Gasteiger charge is 2.46. The van der Waals surface area contributed by atoms with E-state index in [-0.39, 0.29) is 0 Å². The largest absolute Gasteiger partial charge is 0.309 e. The molecule has 0 radical (unpaired) electrons. The molecule has 0 N–H and O–H groups in total. The summed E-state index contributed by atoms with van der Waals surface area (Å²) in [5, 5.41) is 7.33. The third-order valence-corrected chi connectivity index (χ3v) is 13.1. The van der Waals surface area contributed by atoms with Gasteiger partial charge in [0, 0.05) is 22.2 Å². The minimum Gasteiger partial charge on any atom is -0.309 e. The number of hydrogen-bond acceptors (Lipinski definition) is 1. The average molecular weight is 788 g/mol. The fraction of sp³-hybridized carbons (Fsp3) is 0.0164. The van der Waals surface area contributed by atoms with Crippen LogP contribution in [0.1, 0.15) is 22.3 Å². The molecule has 0 unspecified atom stereocenters. The van der Waals surface area contributed by atoms with Gasteiger partial charge in [0.05, 0.1) is 16.8 Å². The molecule has 0 spiro atoms. The second-order valence-electron chi connectivity index (χ2n) is 16.3. The van der Waals surface area contributed by atoms with Crippen LogP contribution in [0.3, 0.4) is 0 Å². The molecule has 11 aromatic carbocycles. The van der Waals surface area contributed by atoms with Gasteiger partial charge >= 0.3 is 0 Å². The molecule has 0 amide bonds. The van der Waals surface area contributed by atoms with Gasteiger partial charge in [-0.25, -0.2) is 0 Å². The van der Waals surface area contributed by atoms with E-state index in [4.69, 9.17) is 0 Å². The highest BCUT2D eigenvalue weighted by Crippen LogP contribution is 2.58. The fourth-order valence-electron chi connectivity index (χ4n) is 10.6. The molecule has 0 aromatic heterocycles. The first-order valence-electron chi connectivity index (χ1n) is 21.5. The molecule has 0 bridgehead atoms. The lowest BCUT2D eigenvalue weighted by molar-refractivity contribution is 0.768. The molecule has 290 valence electrons. The summed E-state index contributed by atoms with van der Waals surface area (Å²) in [5.41, 5.74) is 15.2. The predicted molar refractivity (Wildman–Crippen MR) is 262 cm³/mol. The molecule has 1 nitrogen and oxygen atoms in total. The zero-order chi connectivity index (χ0) is 41.0. The smallest absolute Gasteiger partial charge is 0.0713 e. The van der Waals surface area contributed by atoms with Crippen LogP contribution in [0.15, 0.2) is 249 Å². The Kier molecular flexibility index (Phi) is 8.47. The SMILES string of the molecule is c1ccc(-c2ccccc2N(c2ccc3c(c2)-c2ccccc2C3(c2ccccc2)c2ccccc2)c2c(-c3cccc4ccccc34)c3ccccc3c3ccccc23)cc1. The number of hydrogen-bond donors (Lipinski definition) is 0. The monoisotopic (exact) mass is 787 g/mol. The van der Waals surface area contributed by atoms with E-state index in [9.17, 15) is 0 Å². The van der Waals surface area contributed by atoms with Crippen molar-refractivity contribution in [2.45, 2.75) is 5.41 Å². The third-order valence-electron chi connectivity index (χ3n) is 13.1. The van der Waals surface area contributed by atoms with Crippen LogP contribution in [0.4, 0.5) is 17.1 Å². The van der Waals surface area contributed by atoms with E-state index in [0.717, 1.165) is 22.6 Å². The molecule has 12 rings (SSSR count). The van der Waals surface area contributed by atoms with E-state index in [1.54, 1.807) is 0 Å². The van der Waals surface area contributed by atoms with Crippen molar-refractivity contribution in [1.82, 2.24) is 0 Å². The molecule has 1 heteroatoms. The number of benzene rings is 11. The zero-order valence-corrected chi connectivity index (χ0v) is 34.1. The normalized spacial score (nSPS) is 12.6. The Hall–Kier alpha value is -8.00. The summed E-state index contributed by atoms with van der Waals surface area (Å²) in [7, 11) is 0. The molecule has 62 heavy (non-hydrogen) atoms. The number of anilines is 3. The van der Waals surface area contributed by atoms with Gasteiger partial charge in [-0.15, -0.1) is 0 Å².